The minimum Gasteiger partial charge on any atom is -0.475 e. The molecule has 0 aliphatic heterocycles. The van der Waals surface area contributed by atoms with Crippen LogP contribution < -0.4 is 14.8 Å². The van der Waals surface area contributed by atoms with Crippen molar-refractivity contribution in [3.8, 4) is 17.1 Å². The summed E-state index contributed by atoms with van der Waals surface area (Å²) in [5.41, 5.74) is 3.46. The first-order valence-corrected chi connectivity index (χ1v) is 10.2. The topological polar surface area (TPSA) is 110 Å². The number of ether oxygens (including phenoxy) is 1. The van der Waals surface area contributed by atoms with E-state index in [0.717, 1.165) is 23.1 Å². The molecule has 1 aromatic carbocycles. The first-order valence-electron chi connectivity index (χ1n) is 8.99. The minimum absolute atomic E-state index is 0.0602. The summed E-state index contributed by atoms with van der Waals surface area (Å²) in [6.45, 7) is 8.23. The van der Waals surface area contributed by atoms with E-state index in [1.165, 1.54) is 0 Å². The van der Waals surface area contributed by atoms with Gasteiger partial charge in [0.15, 0.2) is 0 Å². The second-order valence-corrected chi connectivity index (χ2v) is 7.71. The molecule has 0 bridgehead atoms. The number of nitrogens with one attached hydrogen (secondary N) is 2. The number of thiol groups is 1. The highest BCUT2D eigenvalue weighted by molar-refractivity contribution is 7.73. The minimum atomic E-state index is -2.91. The van der Waals surface area contributed by atoms with Crippen molar-refractivity contribution in [2.75, 3.05) is 11.3 Å². The molecule has 9 heteroatoms. The Morgan fingerprint density at radius 3 is 2.43 bits per heavy atom. The summed E-state index contributed by atoms with van der Waals surface area (Å²) in [6.07, 6.45) is 1.39. The summed E-state index contributed by atoms with van der Waals surface area (Å²) in [5.74, 6) is 0.543. The lowest BCUT2D eigenvalue weighted by Gasteiger charge is -2.19. The summed E-state index contributed by atoms with van der Waals surface area (Å²) in [6, 6.07) is 7.36. The fourth-order valence-corrected chi connectivity index (χ4v) is 3.28. The van der Waals surface area contributed by atoms with E-state index in [1.807, 2.05) is 32.0 Å². The van der Waals surface area contributed by atoms with Gasteiger partial charge in [-0.1, -0.05) is 32.0 Å². The number of amides is 1. The number of aromatic nitrogens is 2. The van der Waals surface area contributed by atoms with Gasteiger partial charge in [0.05, 0.1) is 11.7 Å². The highest BCUT2D eigenvalue weighted by atomic mass is 32.2. The summed E-state index contributed by atoms with van der Waals surface area (Å²) in [7, 11) is -2.91. The molecule has 1 aromatic heterocycles. The predicted molar refractivity (Wildman–Crippen MR) is 109 cm³/mol. The van der Waals surface area contributed by atoms with E-state index < -0.39 is 10.9 Å². The van der Waals surface area contributed by atoms with Crippen molar-refractivity contribution >= 4 is 23.2 Å². The standard InChI is InChI=1S/C19H26N4O4S/c1-12(2)8-15(20-11-24)10-27-17-9-16(21-19(22-17)23-28(25)26)18-13(3)6-5-7-14(18)4/h5-7,9,11-12,15,28H,8,10H2,1-4H3,(H,20,24)(H,21,22,23,25,26)/t15-/m1/s1. The van der Waals surface area contributed by atoms with Crippen LogP contribution in [0.1, 0.15) is 31.4 Å². The van der Waals surface area contributed by atoms with Crippen LogP contribution in [0, 0.1) is 19.8 Å². The maximum Gasteiger partial charge on any atom is 0.240 e. The summed E-state index contributed by atoms with van der Waals surface area (Å²) in [4.78, 5) is 19.3. The van der Waals surface area contributed by atoms with Gasteiger partial charge in [-0.3, -0.25) is 9.52 Å². The Kier molecular flexibility index (Phi) is 7.74. The monoisotopic (exact) mass is 406 g/mol. The van der Waals surface area contributed by atoms with Crippen LogP contribution >= 0.6 is 0 Å². The zero-order chi connectivity index (χ0) is 20.7. The highest BCUT2D eigenvalue weighted by Gasteiger charge is 2.15. The van der Waals surface area contributed by atoms with Gasteiger partial charge in [0.2, 0.25) is 29.1 Å². The van der Waals surface area contributed by atoms with Crippen LogP contribution in [-0.4, -0.2) is 37.4 Å². The van der Waals surface area contributed by atoms with Gasteiger partial charge in [0, 0.05) is 11.6 Å². The second-order valence-electron chi connectivity index (χ2n) is 6.97. The first kappa shape index (κ1) is 21.6. The van der Waals surface area contributed by atoms with Crippen LogP contribution in [0.15, 0.2) is 24.3 Å². The molecule has 0 saturated heterocycles. The molecule has 0 saturated carbocycles. The number of rotatable bonds is 10. The van der Waals surface area contributed by atoms with Gasteiger partial charge in [-0.15, -0.1) is 0 Å². The van der Waals surface area contributed by atoms with Crippen LogP contribution in [0.5, 0.6) is 5.88 Å². The average Bonchev–Trinajstić information content (AvgIpc) is 2.58. The summed E-state index contributed by atoms with van der Waals surface area (Å²) in [5, 5.41) is 2.73. The Labute approximate surface area is 166 Å². The van der Waals surface area contributed by atoms with E-state index in [9.17, 15) is 13.2 Å². The van der Waals surface area contributed by atoms with E-state index in [2.05, 4.69) is 33.9 Å². The van der Waals surface area contributed by atoms with Crippen LogP contribution in [0.25, 0.3) is 11.3 Å². The molecule has 2 rings (SSSR count). The summed E-state index contributed by atoms with van der Waals surface area (Å²) < 4.78 is 30.2. The lowest BCUT2D eigenvalue weighted by Crippen LogP contribution is -2.35. The Hall–Kier alpha value is -2.68. The van der Waals surface area contributed by atoms with E-state index in [4.69, 9.17) is 4.74 Å². The lowest BCUT2D eigenvalue weighted by molar-refractivity contribution is -0.110. The quantitative estimate of drug-likeness (QED) is 0.412. The Morgan fingerprint density at radius 2 is 1.86 bits per heavy atom. The molecular weight excluding hydrogens is 380 g/mol. The normalized spacial score (nSPS) is 12.1. The lowest BCUT2D eigenvalue weighted by atomic mass is 10.00. The molecule has 152 valence electrons. The number of hydrogen-bond donors (Lipinski definition) is 3. The van der Waals surface area contributed by atoms with Gasteiger partial charge in [-0.25, -0.2) is 13.4 Å². The Bertz CT molecular complexity index is 871. The van der Waals surface area contributed by atoms with Gasteiger partial charge in [0.25, 0.3) is 0 Å². The number of carbonyl (C=O) groups is 1. The molecule has 0 spiro atoms. The van der Waals surface area contributed by atoms with E-state index in [1.54, 1.807) is 6.07 Å². The molecule has 0 aliphatic carbocycles. The Balaban J connectivity index is 2.36. The molecule has 0 fully saturated rings. The second kappa shape index (κ2) is 10.0. The average molecular weight is 407 g/mol. The van der Waals surface area contributed by atoms with Crippen molar-refractivity contribution in [1.82, 2.24) is 15.3 Å². The molecular formula is C19H26N4O4S. The van der Waals surface area contributed by atoms with Crippen molar-refractivity contribution in [2.45, 2.75) is 40.2 Å². The number of nitrogens with zero attached hydrogens (tertiary/aromatic N) is 2. The molecule has 1 amide bonds. The molecule has 1 heterocycles. The van der Waals surface area contributed by atoms with Gasteiger partial charge in [-0.2, -0.15) is 4.98 Å². The number of aryl methyl sites for hydroxylation is 2. The molecule has 1 atom stereocenters. The molecule has 28 heavy (non-hydrogen) atoms. The first-order chi connectivity index (χ1) is 13.3. The molecule has 0 unspecified atom stereocenters. The molecule has 8 nitrogen and oxygen atoms in total. The fraction of sp³-hybridized carbons (Fsp3) is 0.421. The van der Waals surface area contributed by atoms with Crippen molar-refractivity contribution in [3.05, 3.63) is 35.4 Å². The zero-order valence-electron chi connectivity index (χ0n) is 16.4. The van der Waals surface area contributed by atoms with Crippen LogP contribution in [0.3, 0.4) is 0 Å². The molecule has 0 aliphatic rings. The molecule has 0 radical (unpaired) electrons. The number of benzene rings is 1. The van der Waals surface area contributed by atoms with Crippen molar-refractivity contribution < 1.29 is 17.9 Å². The molecule has 2 aromatic rings. The van der Waals surface area contributed by atoms with E-state index >= 15 is 0 Å². The summed E-state index contributed by atoms with van der Waals surface area (Å²) >= 11 is 0. The van der Waals surface area contributed by atoms with E-state index in [-0.39, 0.29) is 24.5 Å². The van der Waals surface area contributed by atoms with Crippen molar-refractivity contribution in [1.29, 1.82) is 0 Å². The maximum absolute atomic E-state index is 11.1. The van der Waals surface area contributed by atoms with Crippen molar-refractivity contribution in [2.24, 2.45) is 5.92 Å². The third-order valence-electron chi connectivity index (χ3n) is 4.12. The van der Waals surface area contributed by atoms with Crippen LogP contribution in [0.4, 0.5) is 5.95 Å². The van der Waals surface area contributed by atoms with Crippen LogP contribution in [0.2, 0.25) is 0 Å². The largest absolute Gasteiger partial charge is 0.475 e. The highest BCUT2D eigenvalue weighted by Crippen LogP contribution is 2.28. The Morgan fingerprint density at radius 1 is 1.18 bits per heavy atom. The van der Waals surface area contributed by atoms with Gasteiger partial charge in [-0.05, 0) is 37.3 Å². The molecule has 2 N–H and O–H groups in total. The number of anilines is 1. The fourth-order valence-electron chi connectivity index (χ4n) is 3.01. The zero-order valence-corrected chi connectivity index (χ0v) is 17.3. The van der Waals surface area contributed by atoms with Crippen LogP contribution in [-0.2, 0) is 15.7 Å². The van der Waals surface area contributed by atoms with E-state index in [0.29, 0.717) is 18.0 Å². The smallest absolute Gasteiger partial charge is 0.240 e. The number of carbonyl (C=O) groups excluding carboxylic acids is 1. The van der Waals surface area contributed by atoms with Gasteiger partial charge < -0.3 is 10.1 Å². The maximum atomic E-state index is 11.1. The van der Waals surface area contributed by atoms with Crippen molar-refractivity contribution in [3.63, 3.8) is 0 Å². The SMILES string of the molecule is Cc1cccc(C)c1-c1cc(OC[C@@H](CC(C)C)NC=O)nc(N[SH](=O)=O)n1. The third-order valence-corrected chi connectivity index (χ3v) is 4.51. The number of hydrogen-bond acceptors (Lipinski definition) is 6. The van der Waals surface area contributed by atoms with Gasteiger partial charge in [0.1, 0.15) is 6.61 Å². The predicted octanol–water partition coefficient (Wildman–Crippen LogP) is 2.24. The third kappa shape index (κ3) is 6.19. The van der Waals surface area contributed by atoms with Gasteiger partial charge >= 0.3 is 0 Å².